The largest absolute Gasteiger partial charge is 0.458 e. The Morgan fingerprint density at radius 3 is 2.89 bits per heavy atom. The van der Waals surface area contributed by atoms with Crippen LogP contribution in [0.3, 0.4) is 0 Å². The van der Waals surface area contributed by atoms with E-state index in [4.69, 9.17) is 4.74 Å². The Labute approximate surface area is 166 Å². The van der Waals surface area contributed by atoms with Crippen LogP contribution < -0.4 is 10.9 Å². The molecule has 0 radical (unpaired) electrons. The third kappa shape index (κ3) is 3.91. The Kier molecular flexibility index (Phi) is 6.10. The zero-order chi connectivity index (χ0) is 20.1. The smallest absolute Gasteiger partial charge is 0.337 e. The molecule has 0 aromatic carbocycles. The molecule has 7 nitrogen and oxygen atoms in total. The van der Waals surface area contributed by atoms with Crippen molar-refractivity contribution in [2.24, 2.45) is 0 Å². The SMILES string of the molecule is C=CCOC(=O)C1=C(C)Nc2nc(SCC=C)[nH]c(=O)c2[C@H]1c1cccnc1. The van der Waals surface area contributed by atoms with E-state index in [9.17, 15) is 9.59 Å². The fourth-order valence-corrected chi connectivity index (χ4v) is 3.60. The highest BCUT2D eigenvalue weighted by atomic mass is 32.2. The predicted molar refractivity (Wildman–Crippen MR) is 109 cm³/mol. The Bertz CT molecular complexity index is 998. The Morgan fingerprint density at radius 2 is 2.21 bits per heavy atom. The number of anilines is 1. The summed E-state index contributed by atoms with van der Waals surface area (Å²) in [5, 5.41) is 3.57. The van der Waals surface area contributed by atoms with Gasteiger partial charge < -0.3 is 15.0 Å². The molecule has 0 unspecified atom stereocenters. The van der Waals surface area contributed by atoms with Crippen LogP contribution in [-0.2, 0) is 9.53 Å². The number of nitrogens with one attached hydrogen (secondary N) is 2. The molecule has 0 fully saturated rings. The predicted octanol–water partition coefficient (Wildman–Crippen LogP) is 3.00. The summed E-state index contributed by atoms with van der Waals surface area (Å²) >= 11 is 1.37. The van der Waals surface area contributed by atoms with Gasteiger partial charge in [0.2, 0.25) is 0 Å². The molecule has 0 spiro atoms. The van der Waals surface area contributed by atoms with Gasteiger partial charge in [-0.15, -0.1) is 6.58 Å². The number of aromatic amines is 1. The van der Waals surface area contributed by atoms with E-state index in [0.29, 0.717) is 39.1 Å². The van der Waals surface area contributed by atoms with E-state index in [1.54, 1.807) is 31.5 Å². The summed E-state index contributed by atoms with van der Waals surface area (Å²) in [6, 6.07) is 3.58. The summed E-state index contributed by atoms with van der Waals surface area (Å²) < 4.78 is 5.26. The van der Waals surface area contributed by atoms with E-state index in [0.717, 1.165) is 0 Å². The molecule has 2 aromatic heterocycles. The fraction of sp³-hybridized carbons (Fsp3) is 0.200. The molecule has 144 valence electrons. The van der Waals surface area contributed by atoms with Gasteiger partial charge in [0, 0.05) is 23.8 Å². The normalized spacial score (nSPS) is 15.4. The number of aromatic nitrogens is 3. The van der Waals surface area contributed by atoms with Gasteiger partial charge >= 0.3 is 5.97 Å². The number of hydrogen-bond acceptors (Lipinski definition) is 7. The van der Waals surface area contributed by atoms with Gasteiger partial charge in [-0.25, -0.2) is 9.78 Å². The number of fused-ring (bicyclic) bond motifs is 1. The van der Waals surface area contributed by atoms with Gasteiger partial charge in [0.1, 0.15) is 12.4 Å². The maximum atomic E-state index is 12.9. The van der Waals surface area contributed by atoms with Crippen LogP contribution in [0, 0.1) is 0 Å². The number of ether oxygens (including phenoxy) is 1. The second-order valence-corrected chi connectivity index (χ2v) is 7.01. The maximum Gasteiger partial charge on any atom is 0.337 e. The van der Waals surface area contributed by atoms with Gasteiger partial charge in [-0.2, -0.15) is 0 Å². The second-order valence-electron chi connectivity index (χ2n) is 6.00. The van der Waals surface area contributed by atoms with Crippen molar-refractivity contribution in [1.29, 1.82) is 0 Å². The Hall–Kier alpha value is -3.13. The zero-order valence-corrected chi connectivity index (χ0v) is 16.2. The van der Waals surface area contributed by atoms with Crippen LogP contribution in [0.5, 0.6) is 0 Å². The molecule has 0 saturated carbocycles. The van der Waals surface area contributed by atoms with E-state index < -0.39 is 11.9 Å². The topological polar surface area (TPSA) is 97.0 Å². The minimum atomic E-state index is -0.642. The second kappa shape index (κ2) is 8.71. The van der Waals surface area contributed by atoms with Crippen LogP contribution in [0.25, 0.3) is 0 Å². The lowest BCUT2D eigenvalue weighted by atomic mass is 9.83. The molecule has 0 bridgehead atoms. The lowest BCUT2D eigenvalue weighted by Gasteiger charge is -2.28. The molecule has 1 atom stereocenters. The molecule has 2 aromatic rings. The van der Waals surface area contributed by atoms with Crippen molar-refractivity contribution in [3.05, 3.63) is 82.6 Å². The number of carbonyl (C=O) groups excluding carboxylic acids is 1. The Morgan fingerprint density at radius 1 is 1.39 bits per heavy atom. The first-order valence-electron chi connectivity index (χ1n) is 8.60. The minimum Gasteiger partial charge on any atom is -0.458 e. The number of allylic oxidation sites excluding steroid dienone is 1. The third-order valence-corrected chi connectivity index (χ3v) is 5.00. The number of esters is 1. The van der Waals surface area contributed by atoms with Crippen molar-refractivity contribution < 1.29 is 9.53 Å². The highest BCUT2D eigenvalue weighted by Crippen LogP contribution is 2.39. The zero-order valence-electron chi connectivity index (χ0n) is 15.4. The monoisotopic (exact) mass is 396 g/mol. The third-order valence-electron chi connectivity index (χ3n) is 4.13. The Balaban J connectivity index is 2.15. The highest BCUT2D eigenvalue weighted by Gasteiger charge is 2.36. The van der Waals surface area contributed by atoms with Gasteiger partial charge in [0.05, 0.1) is 17.1 Å². The summed E-state index contributed by atoms with van der Waals surface area (Å²) in [6.07, 6.45) is 6.49. The van der Waals surface area contributed by atoms with E-state index >= 15 is 0 Å². The molecule has 3 rings (SSSR count). The fourth-order valence-electron chi connectivity index (χ4n) is 3.00. The first kappa shape index (κ1) is 19.6. The average Bonchev–Trinajstić information content (AvgIpc) is 2.70. The molecule has 0 aliphatic carbocycles. The summed E-state index contributed by atoms with van der Waals surface area (Å²) in [5.41, 5.74) is 1.66. The number of carbonyl (C=O) groups is 1. The number of thioether (sulfide) groups is 1. The van der Waals surface area contributed by atoms with Gasteiger partial charge in [-0.3, -0.25) is 9.78 Å². The summed E-state index contributed by atoms with van der Waals surface area (Å²) in [5.74, 6) is -0.130. The van der Waals surface area contributed by atoms with Crippen LogP contribution in [0.4, 0.5) is 5.82 Å². The first-order chi connectivity index (χ1) is 13.6. The number of hydrogen-bond donors (Lipinski definition) is 2. The molecular formula is C20H20N4O3S. The quantitative estimate of drug-likeness (QED) is 0.321. The van der Waals surface area contributed by atoms with Crippen molar-refractivity contribution in [3.8, 4) is 0 Å². The van der Waals surface area contributed by atoms with Gasteiger partial charge in [-0.1, -0.05) is 36.6 Å². The van der Waals surface area contributed by atoms with Crippen molar-refractivity contribution in [2.75, 3.05) is 17.7 Å². The van der Waals surface area contributed by atoms with Crippen LogP contribution >= 0.6 is 11.8 Å². The molecular weight excluding hydrogens is 376 g/mol. The molecule has 3 heterocycles. The molecule has 8 heteroatoms. The van der Waals surface area contributed by atoms with Crippen LogP contribution in [0.1, 0.15) is 24.0 Å². The van der Waals surface area contributed by atoms with Gasteiger partial charge in [0.15, 0.2) is 5.16 Å². The number of H-pyrrole nitrogens is 1. The van der Waals surface area contributed by atoms with Crippen LogP contribution in [-0.4, -0.2) is 33.3 Å². The van der Waals surface area contributed by atoms with E-state index in [-0.39, 0.29) is 12.2 Å². The average molecular weight is 396 g/mol. The van der Waals surface area contributed by atoms with Crippen molar-refractivity contribution in [1.82, 2.24) is 15.0 Å². The summed E-state index contributed by atoms with van der Waals surface area (Å²) in [6.45, 7) is 9.08. The van der Waals surface area contributed by atoms with E-state index in [1.807, 2.05) is 6.07 Å². The molecule has 1 aliphatic heterocycles. The standard InChI is InChI=1S/C20H20N4O3S/c1-4-9-27-19(26)14-12(3)22-17-16(15(14)13-7-6-8-21-11-13)18(25)24-20(23-17)28-10-5-2/h4-8,11,15H,1-2,9-10H2,3H3,(H2,22,23,24,25)/t15-/m0/s1. The molecule has 2 N–H and O–H groups in total. The van der Waals surface area contributed by atoms with E-state index in [1.165, 1.54) is 17.8 Å². The molecule has 1 aliphatic rings. The summed E-state index contributed by atoms with van der Waals surface area (Å²) in [7, 11) is 0. The molecule has 28 heavy (non-hydrogen) atoms. The number of nitrogens with zero attached hydrogens (tertiary/aromatic N) is 2. The van der Waals surface area contributed by atoms with Crippen LogP contribution in [0.15, 0.2) is 71.1 Å². The number of pyridine rings is 1. The molecule has 0 amide bonds. The lowest BCUT2D eigenvalue weighted by Crippen LogP contribution is -2.31. The molecule has 0 saturated heterocycles. The lowest BCUT2D eigenvalue weighted by molar-refractivity contribution is -0.138. The van der Waals surface area contributed by atoms with Crippen molar-refractivity contribution in [3.63, 3.8) is 0 Å². The van der Waals surface area contributed by atoms with Gasteiger partial charge in [-0.05, 0) is 18.6 Å². The van der Waals surface area contributed by atoms with Gasteiger partial charge in [0.25, 0.3) is 5.56 Å². The van der Waals surface area contributed by atoms with Crippen LogP contribution in [0.2, 0.25) is 0 Å². The van der Waals surface area contributed by atoms with E-state index in [2.05, 4.69) is 33.4 Å². The summed E-state index contributed by atoms with van der Waals surface area (Å²) in [4.78, 5) is 37.1. The number of rotatable bonds is 7. The minimum absolute atomic E-state index is 0.0773. The van der Waals surface area contributed by atoms with Crippen molar-refractivity contribution >= 4 is 23.5 Å². The first-order valence-corrected chi connectivity index (χ1v) is 9.59. The highest BCUT2D eigenvalue weighted by molar-refractivity contribution is 7.99. The van der Waals surface area contributed by atoms with Crippen molar-refractivity contribution in [2.45, 2.75) is 18.0 Å². The maximum absolute atomic E-state index is 12.9.